The Kier molecular flexibility index (Phi) is 7.10. The van der Waals surface area contributed by atoms with Crippen LogP contribution in [-0.2, 0) is 14.3 Å². The lowest BCUT2D eigenvalue weighted by molar-refractivity contribution is -0.385. The van der Waals surface area contributed by atoms with Crippen molar-refractivity contribution < 1.29 is 33.6 Å². The molecule has 4 rings (SSSR count). The molecule has 1 fully saturated rings. The molecule has 188 valence electrons. The Balaban J connectivity index is 1.84. The number of ether oxygens (including phenoxy) is 2. The number of nitro groups is 1. The number of carbonyl (C=O) groups is 4. The maximum atomic E-state index is 13.6. The lowest BCUT2D eigenvalue weighted by Crippen LogP contribution is -2.31. The molecule has 2 unspecified atom stereocenters. The summed E-state index contributed by atoms with van der Waals surface area (Å²) >= 11 is 0. The van der Waals surface area contributed by atoms with E-state index in [1.165, 1.54) is 67.8 Å². The fourth-order valence-corrected chi connectivity index (χ4v) is 4.34. The molecule has 1 aliphatic heterocycles. The van der Waals surface area contributed by atoms with Crippen molar-refractivity contribution in [2.75, 3.05) is 18.6 Å². The number of ketones is 2. The summed E-state index contributed by atoms with van der Waals surface area (Å²) in [7, 11) is 1.46. The Labute approximate surface area is 211 Å². The predicted molar refractivity (Wildman–Crippen MR) is 132 cm³/mol. The third-order valence-electron chi connectivity index (χ3n) is 6.07. The van der Waals surface area contributed by atoms with E-state index in [0.717, 1.165) is 4.90 Å². The molecule has 10 nitrogen and oxygen atoms in total. The van der Waals surface area contributed by atoms with Crippen LogP contribution < -0.4 is 9.64 Å². The molecule has 1 aliphatic rings. The van der Waals surface area contributed by atoms with Crippen molar-refractivity contribution in [1.29, 1.82) is 0 Å². The highest BCUT2D eigenvalue weighted by Gasteiger charge is 2.53. The van der Waals surface area contributed by atoms with Crippen LogP contribution in [-0.4, -0.2) is 42.1 Å². The Hall–Kier alpha value is -4.86. The molecule has 1 heterocycles. The van der Waals surface area contributed by atoms with E-state index in [2.05, 4.69) is 0 Å². The van der Waals surface area contributed by atoms with Crippen LogP contribution in [0.3, 0.4) is 0 Å². The second kappa shape index (κ2) is 10.4. The zero-order chi connectivity index (χ0) is 26.7. The maximum absolute atomic E-state index is 13.6. The van der Waals surface area contributed by atoms with Gasteiger partial charge in [0, 0.05) is 17.3 Å². The van der Waals surface area contributed by atoms with E-state index in [0.29, 0.717) is 5.75 Å². The van der Waals surface area contributed by atoms with Gasteiger partial charge < -0.3 is 9.47 Å². The third-order valence-corrected chi connectivity index (χ3v) is 6.07. The third kappa shape index (κ3) is 4.68. The molecule has 1 amide bonds. The number of benzene rings is 3. The van der Waals surface area contributed by atoms with Crippen molar-refractivity contribution in [1.82, 2.24) is 0 Å². The van der Waals surface area contributed by atoms with E-state index in [4.69, 9.17) is 9.47 Å². The van der Waals surface area contributed by atoms with Gasteiger partial charge in [-0.3, -0.25) is 29.4 Å². The second-order valence-corrected chi connectivity index (χ2v) is 8.14. The molecule has 0 aliphatic carbocycles. The van der Waals surface area contributed by atoms with Crippen LogP contribution in [0.15, 0.2) is 72.8 Å². The minimum absolute atomic E-state index is 0.0352. The molecule has 2 atom stereocenters. The molecule has 3 aromatic rings. The number of para-hydroxylation sites is 1. The number of rotatable bonds is 8. The summed E-state index contributed by atoms with van der Waals surface area (Å²) < 4.78 is 10.1. The first-order chi connectivity index (χ1) is 17.8. The van der Waals surface area contributed by atoms with E-state index in [1.807, 2.05) is 0 Å². The molecular weight excluding hydrogens is 480 g/mol. The van der Waals surface area contributed by atoms with Crippen LogP contribution in [0.2, 0.25) is 0 Å². The SMILES string of the molecule is CCOC(=O)c1ccc(N2C(=O)C(=O)C(C(=O)c3ccc(OC)cc3)C2c2ccccc2[N+](=O)[O-])cc1. The molecule has 10 heteroatoms. The fourth-order valence-electron chi connectivity index (χ4n) is 4.34. The summed E-state index contributed by atoms with van der Waals surface area (Å²) in [6, 6.07) is 16.1. The molecular formula is C27H22N2O8. The Morgan fingerprint density at radius 2 is 1.57 bits per heavy atom. The van der Waals surface area contributed by atoms with Crippen LogP contribution >= 0.6 is 0 Å². The highest BCUT2D eigenvalue weighted by molar-refractivity contribution is 6.49. The molecule has 37 heavy (non-hydrogen) atoms. The summed E-state index contributed by atoms with van der Waals surface area (Å²) in [5.74, 6) is -4.25. The molecule has 0 spiro atoms. The van der Waals surface area contributed by atoms with Crippen molar-refractivity contribution in [3.8, 4) is 5.75 Å². The number of hydrogen-bond acceptors (Lipinski definition) is 8. The lowest BCUT2D eigenvalue weighted by atomic mass is 9.85. The van der Waals surface area contributed by atoms with Gasteiger partial charge in [-0.05, 0) is 55.5 Å². The van der Waals surface area contributed by atoms with Crippen LogP contribution in [0.1, 0.15) is 39.2 Å². The van der Waals surface area contributed by atoms with E-state index < -0.39 is 40.3 Å². The van der Waals surface area contributed by atoms with Gasteiger partial charge in [-0.1, -0.05) is 18.2 Å². The number of methoxy groups -OCH3 is 1. The lowest BCUT2D eigenvalue weighted by Gasteiger charge is -2.27. The van der Waals surface area contributed by atoms with Crippen molar-refractivity contribution >= 4 is 34.8 Å². The Morgan fingerprint density at radius 1 is 0.946 bits per heavy atom. The number of anilines is 1. The largest absolute Gasteiger partial charge is 0.497 e. The van der Waals surface area contributed by atoms with Gasteiger partial charge in [-0.2, -0.15) is 0 Å². The average molecular weight is 502 g/mol. The van der Waals surface area contributed by atoms with Crippen molar-refractivity contribution in [2.45, 2.75) is 13.0 Å². The summed E-state index contributed by atoms with van der Waals surface area (Å²) in [5, 5.41) is 11.8. The monoisotopic (exact) mass is 502 g/mol. The van der Waals surface area contributed by atoms with Crippen LogP contribution in [0.4, 0.5) is 11.4 Å². The van der Waals surface area contributed by atoms with Crippen LogP contribution in [0, 0.1) is 16.0 Å². The Morgan fingerprint density at radius 3 is 2.16 bits per heavy atom. The number of hydrogen-bond donors (Lipinski definition) is 0. The van der Waals surface area contributed by atoms with E-state index in [1.54, 1.807) is 19.1 Å². The van der Waals surface area contributed by atoms with Gasteiger partial charge in [-0.25, -0.2) is 4.79 Å². The number of Topliss-reactive ketones (excluding diaryl/α,β-unsaturated/α-hetero) is 2. The zero-order valence-corrected chi connectivity index (χ0v) is 20.0. The summed E-state index contributed by atoms with van der Waals surface area (Å²) in [6.07, 6.45) is 0. The minimum Gasteiger partial charge on any atom is -0.497 e. The molecule has 0 bridgehead atoms. The molecule has 0 radical (unpaired) electrons. The van der Waals surface area contributed by atoms with E-state index in [-0.39, 0.29) is 34.7 Å². The topological polar surface area (TPSA) is 133 Å². The second-order valence-electron chi connectivity index (χ2n) is 8.14. The van der Waals surface area contributed by atoms with Crippen molar-refractivity contribution in [2.24, 2.45) is 5.92 Å². The summed E-state index contributed by atoms with van der Waals surface area (Å²) in [5.41, 5.74) is 0.259. The van der Waals surface area contributed by atoms with Gasteiger partial charge in [0.1, 0.15) is 11.7 Å². The predicted octanol–water partition coefficient (Wildman–Crippen LogP) is 3.94. The van der Waals surface area contributed by atoms with E-state index in [9.17, 15) is 29.3 Å². The highest BCUT2D eigenvalue weighted by atomic mass is 16.6. The zero-order valence-electron chi connectivity index (χ0n) is 20.0. The number of esters is 1. The van der Waals surface area contributed by atoms with Crippen LogP contribution in [0.25, 0.3) is 0 Å². The quantitative estimate of drug-likeness (QED) is 0.113. The fraction of sp³-hybridized carbons (Fsp3) is 0.185. The summed E-state index contributed by atoms with van der Waals surface area (Å²) in [6.45, 7) is 1.84. The number of carbonyl (C=O) groups excluding carboxylic acids is 4. The normalized spacial score (nSPS) is 17.0. The van der Waals surface area contributed by atoms with Crippen LogP contribution in [0.5, 0.6) is 5.75 Å². The molecule has 0 saturated carbocycles. The maximum Gasteiger partial charge on any atom is 0.338 e. The van der Waals surface area contributed by atoms with Gasteiger partial charge in [0.25, 0.3) is 11.6 Å². The average Bonchev–Trinajstić information content (AvgIpc) is 3.18. The van der Waals surface area contributed by atoms with Gasteiger partial charge in [0.05, 0.1) is 35.8 Å². The molecule has 0 aromatic heterocycles. The van der Waals surface area contributed by atoms with Gasteiger partial charge in [0.15, 0.2) is 5.78 Å². The van der Waals surface area contributed by atoms with Gasteiger partial charge >= 0.3 is 5.97 Å². The summed E-state index contributed by atoms with van der Waals surface area (Å²) in [4.78, 5) is 64.5. The molecule has 3 aromatic carbocycles. The first kappa shape index (κ1) is 25.2. The first-order valence-electron chi connectivity index (χ1n) is 11.3. The smallest absolute Gasteiger partial charge is 0.338 e. The van der Waals surface area contributed by atoms with E-state index >= 15 is 0 Å². The van der Waals surface area contributed by atoms with Gasteiger partial charge in [0.2, 0.25) is 5.78 Å². The minimum atomic E-state index is -1.54. The Bertz CT molecular complexity index is 1380. The van der Waals surface area contributed by atoms with Gasteiger partial charge in [-0.15, -0.1) is 0 Å². The highest BCUT2D eigenvalue weighted by Crippen LogP contribution is 2.44. The van der Waals surface area contributed by atoms with Crippen molar-refractivity contribution in [3.05, 3.63) is 99.6 Å². The number of nitro benzene ring substituents is 1. The van der Waals surface area contributed by atoms with Crippen molar-refractivity contribution in [3.63, 3.8) is 0 Å². The molecule has 1 saturated heterocycles. The standard InChI is InChI=1S/C27H22N2O8/c1-3-37-27(33)17-8-12-18(13-9-17)28-23(20-6-4-5-7-21(20)29(34)35)22(25(31)26(28)32)24(30)16-10-14-19(36-2)15-11-16/h4-15,22-23H,3H2,1-2H3. The number of amides is 1. The first-order valence-corrected chi connectivity index (χ1v) is 11.3. The molecule has 0 N–H and O–H groups in total. The number of nitrogens with zero attached hydrogens (tertiary/aromatic N) is 2.